The number of ether oxygens (including phenoxy) is 4. The van der Waals surface area contributed by atoms with Gasteiger partial charge in [0.2, 0.25) is 5.88 Å². The Hall–Kier alpha value is -3.04. The zero-order valence-corrected chi connectivity index (χ0v) is 18.0. The fraction of sp³-hybridized carbons (Fsp3) is 0.286. The van der Waals surface area contributed by atoms with Crippen LogP contribution in [-0.4, -0.2) is 51.8 Å². The van der Waals surface area contributed by atoms with Crippen LogP contribution < -0.4 is 14.2 Å². The molecule has 30 heavy (non-hydrogen) atoms. The highest BCUT2D eigenvalue weighted by Crippen LogP contribution is 2.33. The number of nitrogens with one attached hydrogen (secondary N) is 1. The zero-order valence-electron chi connectivity index (χ0n) is 17.2. The first-order valence-electron chi connectivity index (χ1n) is 9.17. The van der Waals surface area contributed by atoms with Crippen LogP contribution in [0.4, 0.5) is 0 Å². The molecule has 0 radical (unpaired) electrons. The number of hydrogen-bond donors (Lipinski definition) is 1. The van der Waals surface area contributed by atoms with Crippen LogP contribution >= 0.6 is 0 Å². The first-order chi connectivity index (χ1) is 14.3. The van der Waals surface area contributed by atoms with Crippen molar-refractivity contribution in [3.8, 4) is 34.4 Å². The molecule has 0 aliphatic rings. The summed E-state index contributed by atoms with van der Waals surface area (Å²) in [5.74, 6) is 2.07. The molecular formula is C21H24N2O6S. The molecule has 0 saturated heterocycles. The molecule has 0 spiro atoms. The molecule has 0 amide bonds. The van der Waals surface area contributed by atoms with Crippen molar-refractivity contribution in [1.29, 1.82) is 0 Å². The van der Waals surface area contributed by atoms with Crippen LogP contribution in [0.15, 0.2) is 53.4 Å². The number of hydrogen-bond acceptors (Lipinski definition) is 7. The molecule has 0 aliphatic carbocycles. The van der Waals surface area contributed by atoms with Crippen molar-refractivity contribution in [2.75, 3.05) is 27.1 Å². The van der Waals surface area contributed by atoms with Gasteiger partial charge in [-0.2, -0.15) is 0 Å². The Morgan fingerprint density at radius 1 is 1.00 bits per heavy atom. The maximum atomic E-state index is 11.6. The Morgan fingerprint density at radius 2 is 1.70 bits per heavy atom. The van der Waals surface area contributed by atoms with E-state index in [0.29, 0.717) is 29.7 Å². The lowest BCUT2D eigenvalue weighted by Crippen LogP contribution is -2.17. The molecule has 160 valence electrons. The van der Waals surface area contributed by atoms with Crippen LogP contribution in [0.25, 0.3) is 11.3 Å². The Balaban J connectivity index is 1.92. The molecule has 8 nitrogen and oxygen atoms in total. The topological polar surface area (TPSA) is 99.7 Å². The number of methoxy groups -OCH3 is 2. The van der Waals surface area contributed by atoms with E-state index in [2.05, 4.69) is 10.2 Å². The highest BCUT2D eigenvalue weighted by atomic mass is 32.2. The summed E-state index contributed by atoms with van der Waals surface area (Å²) in [5.41, 5.74) is 1.52. The second-order valence-corrected chi connectivity index (χ2v) is 8.76. The van der Waals surface area contributed by atoms with Gasteiger partial charge in [-0.05, 0) is 43.3 Å². The van der Waals surface area contributed by atoms with Crippen LogP contribution in [0.3, 0.4) is 0 Å². The Kier molecular flexibility index (Phi) is 6.63. The SMILES string of the molecule is COC[C@H](C)Oc1cc(Oc2ccc(S(C)(=O)=O)cc2)cc(-c2cc(OC)n[nH]2)c1. The number of aromatic amines is 1. The van der Waals surface area contributed by atoms with Gasteiger partial charge in [0, 0.05) is 31.1 Å². The molecule has 2 aromatic carbocycles. The molecule has 3 rings (SSSR count). The van der Waals surface area contributed by atoms with Crippen LogP contribution in [-0.2, 0) is 14.6 Å². The van der Waals surface area contributed by atoms with Gasteiger partial charge in [-0.1, -0.05) is 0 Å². The normalized spacial score (nSPS) is 12.4. The van der Waals surface area contributed by atoms with Crippen molar-refractivity contribution >= 4 is 9.84 Å². The van der Waals surface area contributed by atoms with Crippen molar-refractivity contribution < 1.29 is 27.4 Å². The van der Waals surface area contributed by atoms with Gasteiger partial charge in [-0.15, -0.1) is 5.10 Å². The molecule has 0 fully saturated rings. The van der Waals surface area contributed by atoms with E-state index in [1.165, 1.54) is 12.1 Å². The number of rotatable bonds is 9. The van der Waals surface area contributed by atoms with E-state index in [1.807, 2.05) is 19.1 Å². The van der Waals surface area contributed by atoms with Gasteiger partial charge < -0.3 is 18.9 Å². The maximum Gasteiger partial charge on any atom is 0.232 e. The standard InChI is InChI=1S/C21H24N2O6S/c1-14(13-26-2)28-17-9-15(20-12-21(27-3)23-22-20)10-18(11-17)29-16-5-7-19(8-6-16)30(4,24)25/h5-12,14H,13H2,1-4H3,(H,22,23)/t14-/m0/s1. The molecule has 1 heterocycles. The minimum Gasteiger partial charge on any atom is -0.488 e. The van der Waals surface area contributed by atoms with E-state index in [9.17, 15) is 8.42 Å². The summed E-state index contributed by atoms with van der Waals surface area (Å²) in [6.07, 6.45) is 0.999. The number of benzene rings is 2. The highest BCUT2D eigenvalue weighted by molar-refractivity contribution is 7.90. The van der Waals surface area contributed by atoms with Gasteiger partial charge in [0.25, 0.3) is 0 Å². The minimum absolute atomic E-state index is 0.163. The fourth-order valence-corrected chi connectivity index (χ4v) is 3.43. The molecule has 0 bridgehead atoms. The van der Waals surface area contributed by atoms with Crippen LogP contribution in [0.1, 0.15) is 6.92 Å². The lowest BCUT2D eigenvalue weighted by atomic mass is 10.1. The highest BCUT2D eigenvalue weighted by Gasteiger charge is 2.12. The van der Waals surface area contributed by atoms with Crippen molar-refractivity contribution in [2.24, 2.45) is 0 Å². The largest absolute Gasteiger partial charge is 0.488 e. The average molecular weight is 432 g/mol. The molecule has 1 aromatic heterocycles. The summed E-state index contributed by atoms with van der Waals surface area (Å²) < 4.78 is 45.5. The molecule has 1 N–H and O–H groups in total. The van der Waals surface area contributed by atoms with Crippen molar-refractivity contribution in [3.63, 3.8) is 0 Å². The first kappa shape index (κ1) is 21.7. The van der Waals surface area contributed by atoms with Gasteiger partial charge in [-0.25, -0.2) is 8.42 Å². The van der Waals surface area contributed by atoms with Crippen molar-refractivity contribution in [3.05, 3.63) is 48.5 Å². The first-order valence-corrected chi connectivity index (χ1v) is 11.1. The summed E-state index contributed by atoms with van der Waals surface area (Å²) in [7, 11) is -0.116. The summed E-state index contributed by atoms with van der Waals surface area (Å²) >= 11 is 0. The molecular weight excluding hydrogens is 408 g/mol. The van der Waals surface area contributed by atoms with Crippen LogP contribution in [0.2, 0.25) is 0 Å². The molecule has 0 saturated carbocycles. The molecule has 0 unspecified atom stereocenters. The zero-order chi connectivity index (χ0) is 21.7. The van der Waals surface area contributed by atoms with E-state index < -0.39 is 9.84 Å². The smallest absolute Gasteiger partial charge is 0.232 e. The minimum atomic E-state index is -3.27. The summed E-state index contributed by atoms with van der Waals surface area (Å²) in [6, 6.07) is 13.4. The molecule has 3 aromatic rings. The molecule has 9 heteroatoms. The van der Waals surface area contributed by atoms with E-state index >= 15 is 0 Å². The quantitative estimate of drug-likeness (QED) is 0.550. The third kappa shape index (κ3) is 5.52. The summed E-state index contributed by atoms with van der Waals surface area (Å²) in [4.78, 5) is 0.227. The number of nitrogens with zero attached hydrogens (tertiary/aromatic N) is 1. The van der Waals surface area contributed by atoms with E-state index in [-0.39, 0.29) is 11.0 Å². The monoisotopic (exact) mass is 432 g/mol. The second-order valence-electron chi connectivity index (χ2n) is 6.75. The van der Waals surface area contributed by atoms with Gasteiger partial charge in [-0.3, -0.25) is 5.10 Å². The molecule has 1 atom stereocenters. The second kappa shape index (κ2) is 9.19. The van der Waals surface area contributed by atoms with Crippen molar-refractivity contribution in [2.45, 2.75) is 17.9 Å². The number of H-pyrrole nitrogens is 1. The summed E-state index contributed by atoms with van der Waals surface area (Å²) in [5, 5.41) is 6.99. The predicted octanol–water partition coefficient (Wildman–Crippen LogP) is 3.69. The van der Waals surface area contributed by atoms with E-state index in [1.54, 1.807) is 38.5 Å². The predicted molar refractivity (Wildman–Crippen MR) is 112 cm³/mol. The maximum absolute atomic E-state index is 11.6. The number of sulfone groups is 1. The van der Waals surface area contributed by atoms with Crippen LogP contribution in [0.5, 0.6) is 23.1 Å². The van der Waals surface area contributed by atoms with Crippen LogP contribution in [0, 0.1) is 0 Å². The lowest BCUT2D eigenvalue weighted by molar-refractivity contribution is 0.0920. The third-order valence-corrected chi connectivity index (χ3v) is 5.31. The Labute approximate surface area is 175 Å². The third-order valence-electron chi connectivity index (χ3n) is 4.18. The Bertz CT molecular complexity index is 1090. The summed E-state index contributed by atoms with van der Waals surface area (Å²) in [6.45, 7) is 2.34. The van der Waals surface area contributed by atoms with Crippen molar-refractivity contribution in [1.82, 2.24) is 10.2 Å². The Morgan fingerprint density at radius 3 is 2.30 bits per heavy atom. The number of aromatic nitrogens is 2. The van der Waals surface area contributed by atoms with E-state index in [0.717, 1.165) is 17.5 Å². The fourth-order valence-electron chi connectivity index (χ4n) is 2.80. The molecule has 0 aliphatic heterocycles. The van der Waals surface area contributed by atoms with Gasteiger partial charge in [0.1, 0.15) is 23.4 Å². The lowest BCUT2D eigenvalue weighted by Gasteiger charge is -2.16. The van der Waals surface area contributed by atoms with Gasteiger partial charge in [0.15, 0.2) is 9.84 Å². The average Bonchev–Trinajstić information content (AvgIpc) is 3.17. The van der Waals surface area contributed by atoms with Gasteiger partial charge >= 0.3 is 0 Å². The van der Waals surface area contributed by atoms with Gasteiger partial charge in [0.05, 0.1) is 24.3 Å². The van der Waals surface area contributed by atoms with E-state index in [4.69, 9.17) is 18.9 Å².